The number of alkyl halides is 3. The van der Waals surface area contributed by atoms with E-state index in [-0.39, 0.29) is 17.2 Å². The maximum atomic E-state index is 13.4. The molecule has 166 valence electrons. The summed E-state index contributed by atoms with van der Waals surface area (Å²) in [4.78, 5) is 31.5. The van der Waals surface area contributed by atoms with Crippen LogP contribution in [0.4, 0.5) is 24.7 Å². The third kappa shape index (κ3) is 4.34. The number of aryl methyl sites for hydroxylation is 1. The molecule has 0 aliphatic carbocycles. The largest absolute Gasteiger partial charge is 0.418 e. The van der Waals surface area contributed by atoms with Gasteiger partial charge in [0.25, 0.3) is 5.91 Å². The maximum absolute atomic E-state index is 13.4. The van der Waals surface area contributed by atoms with Crippen molar-refractivity contribution < 1.29 is 18.0 Å². The molecular weight excluding hydrogens is 423 g/mol. The van der Waals surface area contributed by atoms with Crippen LogP contribution in [0.15, 0.2) is 53.5 Å². The number of hydrogen-bond acceptors (Lipinski definition) is 5. The number of para-hydroxylation sites is 1. The Labute approximate surface area is 181 Å². The fourth-order valence-electron chi connectivity index (χ4n) is 3.64. The van der Waals surface area contributed by atoms with E-state index in [9.17, 15) is 22.8 Å². The van der Waals surface area contributed by atoms with Gasteiger partial charge in [0.05, 0.1) is 23.1 Å². The summed E-state index contributed by atoms with van der Waals surface area (Å²) in [5.41, 5.74) is -1.34. The monoisotopic (exact) mass is 443 g/mol. The summed E-state index contributed by atoms with van der Waals surface area (Å²) in [5, 5.41) is 6.44. The Morgan fingerprint density at radius 3 is 2.47 bits per heavy atom. The van der Waals surface area contributed by atoms with E-state index in [1.54, 1.807) is 12.3 Å². The zero-order valence-corrected chi connectivity index (χ0v) is 17.2. The van der Waals surface area contributed by atoms with Crippen molar-refractivity contribution >= 4 is 17.4 Å². The number of carbonyl (C=O) groups is 1. The summed E-state index contributed by atoms with van der Waals surface area (Å²) in [7, 11) is 0. The van der Waals surface area contributed by atoms with Crippen LogP contribution in [-0.2, 0) is 6.18 Å². The highest BCUT2D eigenvalue weighted by Gasteiger charge is 2.34. The summed E-state index contributed by atoms with van der Waals surface area (Å²) >= 11 is 0. The van der Waals surface area contributed by atoms with Crippen LogP contribution in [0.2, 0.25) is 0 Å². The molecule has 3 heterocycles. The molecule has 1 aliphatic heterocycles. The average Bonchev–Trinajstić information content (AvgIpc) is 3.28. The molecule has 0 spiro atoms. The number of carbonyl (C=O) groups excluding carboxylic acids is 1. The fraction of sp³-hybridized carbons (Fsp3) is 0.273. The lowest BCUT2D eigenvalue weighted by atomic mass is 10.1. The van der Waals surface area contributed by atoms with Crippen LogP contribution in [0.5, 0.6) is 0 Å². The summed E-state index contributed by atoms with van der Waals surface area (Å²) < 4.78 is 41.3. The van der Waals surface area contributed by atoms with Crippen molar-refractivity contribution in [1.29, 1.82) is 0 Å². The van der Waals surface area contributed by atoms with Gasteiger partial charge in [-0.1, -0.05) is 12.1 Å². The second-order valence-electron chi connectivity index (χ2n) is 7.48. The van der Waals surface area contributed by atoms with Crippen LogP contribution >= 0.6 is 0 Å². The first-order chi connectivity index (χ1) is 15.2. The van der Waals surface area contributed by atoms with Gasteiger partial charge in [-0.3, -0.25) is 9.59 Å². The summed E-state index contributed by atoms with van der Waals surface area (Å²) in [6.45, 7) is 3.33. The molecule has 1 saturated heterocycles. The minimum Gasteiger partial charge on any atom is -0.370 e. The zero-order chi connectivity index (χ0) is 22.9. The van der Waals surface area contributed by atoms with Gasteiger partial charge in [-0.15, -0.1) is 0 Å². The molecule has 1 aromatic carbocycles. The molecule has 1 amide bonds. The van der Waals surface area contributed by atoms with Crippen molar-refractivity contribution in [1.82, 2.24) is 14.8 Å². The molecule has 3 aromatic rings. The van der Waals surface area contributed by atoms with Crippen molar-refractivity contribution in [3.63, 3.8) is 0 Å². The van der Waals surface area contributed by atoms with Crippen molar-refractivity contribution in [3.8, 4) is 5.69 Å². The first kappa shape index (κ1) is 21.5. The molecule has 0 bridgehead atoms. The van der Waals surface area contributed by atoms with Crippen molar-refractivity contribution in [2.75, 3.05) is 23.3 Å². The number of hydrogen-bond donors (Lipinski definition) is 1. The first-order valence-electron chi connectivity index (χ1n) is 10.0. The Kier molecular flexibility index (Phi) is 5.68. The second kappa shape index (κ2) is 8.45. The molecule has 0 radical (unpaired) electrons. The Hall–Kier alpha value is -3.69. The number of amides is 1. The quantitative estimate of drug-likeness (QED) is 0.664. The molecule has 2 aromatic heterocycles. The van der Waals surface area contributed by atoms with Crippen molar-refractivity contribution in [2.24, 2.45) is 0 Å². The lowest BCUT2D eigenvalue weighted by molar-refractivity contribution is -0.137. The molecule has 0 atom stereocenters. The van der Waals surface area contributed by atoms with Gasteiger partial charge in [-0.05, 0) is 44.0 Å². The first-order valence-corrected chi connectivity index (χ1v) is 10.0. The summed E-state index contributed by atoms with van der Waals surface area (Å²) in [6.07, 6.45) is -0.776. The highest BCUT2D eigenvalue weighted by atomic mass is 19.4. The van der Waals surface area contributed by atoms with Crippen molar-refractivity contribution in [3.05, 3.63) is 75.8 Å². The van der Waals surface area contributed by atoms with E-state index in [4.69, 9.17) is 0 Å². The lowest BCUT2D eigenvalue weighted by Crippen LogP contribution is -2.28. The van der Waals surface area contributed by atoms with Crippen molar-refractivity contribution in [2.45, 2.75) is 25.9 Å². The van der Waals surface area contributed by atoms with Gasteiger partial charge in [-0.25, -0.2) is 9.67 Å². The number of rotatable bonds is 4. The van der Waals surface area contributed by atoms with Gasteiger partial charge >= 0.3 is 6.18 Å². The van der Waals surface area contributed by atoms with E-state index in [0.29, 0.717) is 0 Å². The van der Waals surface area contributed by atoms with Crippen LogP contribution in [0.3, 0.4) is 0 Å². The summed E-state index contributed by atoms with van der Waals surface area (Å²) in [6, 6.07) is 9.34. The van der Waals surface area contributed by atoms with Gasteiger partial charge in [0.2, 0.25) is 5.43 Å². The van der Waals surface area contributed by atoms with E-state index >= 15 is 0 Å². The number of benzene rings is 1. The van der Waals surface area contributed by atoms with Crippen LogP contribution in [-0.4, -0.2) is 33.8 Å². The highest BCUT2D eigenvalue weighted by Crippen LogP contribution is 2.33. The normalized spacial score (nSPS) is 13.9. The van der Waals surface area contributed by atoms with E-state index < -0.39 is 28.8 Å². The Balaban J connectivity index is 1.64. The molecule has 32 heavy (non-hydrogen) atoms. The standard InChI is InChI=1S/C22H20F3N5O2/c1-14-12-18(31)20(28-30(14)17-7-3-2-6-16(17)22(23,24)25)21(32)27-19-9-8-15(13-26-19)29-10-4-5-11-29/h2-3,6-9,12-13H,4-5,10-11H2,1H3,(H,26,27,32). The third-order valence-electron chi connectivity index (χ3n) is 5.22. The molecule has 0 unspecified atom stereocenters. The van der Waals surface area contributed by atoms with Crippen LogP contribution in [0.1, 0.15) is 34.6 Å². The Bertz CT molecular complexity index is 1200. The highest BCUT2D eigenvalue weighted by molar-refractivity contribution is 6.02. The number of aromatic nitrogens is 3. The molecule has 10 heteroatoms. The maximum Gasteiger partial charge on any atom is 0.418 e. The van der Waals surface area contributed by atoms with Crippen LogP contribution < -0.4 is 15.6 Å². The molecule has 0 saturated carbocycles. The predicted octanol–water partition coefficient (Wildman–Crippen LogP) is 3.81. The van der Waals surface area contributed by atoms with E-state index in [0.717, 1.165) is 48.4 Å². The minimum absolute atomic E-state index is 0.163. The minimum atomic E-state index is -4.63. The number of halogens is 3. The molecule has 7 nitrogen and oxygen atoms in total. The number of nitrogens with zero attached hydrogens (tertiary/aromatic N) is 4. The smallest absolute Gasteiger partial charge is 0.370 e. The SMILES string of the molecule is Cc1cc(=O)c(C(=O)Nc2ccc(N3CCCC3)cn2)nn1-c1ccccc1C(F)(F)F. The van der Waals surface area contributed by atoms with Gasteiger partial charge in [0.1, 0.15) is 5.82 Å². The Morgan fingerprint density at radius 2 is 1.81 bits per heavy atom. The van der Waals surface area contributed by atoms with Gasteiger partial charge < -0.3 is 10.2 Å². The number of anilines is 2. The predicted molar refractivity (Wildman–Crippen MR) is 113 cm³/mol. The Morgan fingerprint density at radius 1 is 1.09 bits per heavy atom. The molecule has 1 aliphatic rings. The van der Waals surface area contributed by atoms with E-state index in [1.165, 1.54) is 25.1 Å². The molecule has 1 N–H and O–H groups in total. The summed E-state index contributed by atoms with van der Waals surface area (Å²) in [5.74, 6) is -0.642. The van der Waals surface area contributed by atoms with E-state index in [2.05, 4.69) is 20.3 Å². The third-order valence-corrected chi connectivity index (χ3v) is 5.22. The zero-order valence-electron chi connectivity index (χ0n) is 17.2. The van der Waals surface area contributed by atoms with E-state index in [1.807, 2.05) is 6.07 Å². The molecular formula is C22H20F3N5O2. The number of pyridine rings is 1. The second-order valence-corrected chi connectivity index (χ2v) is 7.48. The topological polar surface area (TPSA) is 80.1 Å². The van der Waals surface area contributed by atoms with Gasteiger partial charge in [0, 0.05) is 24.8 Å². The average molecular weight is 443 g/mol. The molecule has 1 fully saturated rings. The van der Waals surface area contributed by atoms with Crippen LogP contribution in [0, 0.1) is 6.92 Å². The van der Waals surface area contributed by atoms with Gasteiger partial charge in [-0.2, -0.15) is 18.3 Å². The van der Waals surface area contributed by atoms with Crippen LogP contribution in [0.25, 0.3) is 5.69 Å². The molecule has 4 rings (SSSR count). The lowest BCUT2D eigenvalue weighted by Gasteiger charge is -2.17. The van der Waals surface area contributed by atoms with Gasteiger partial charge in [0.15, 0.2) is 5.69 Å². The number of nitrogens with one attached hydrogen (secondary N) is 1. The fourth-order valence-corrected chi connectivity index (χ4v) is 3.64.